The van der Waals surface area contributed by atoms with Crippen molar-refractivity contribution in [2.24, 2.45) is 11.3 Å². The van der Waals surface area contributed by atoms with Crippen molar-refractivity contribution in [3.05, 3.63) is 237 Å². The SMILES string of the molecule is C=C/C=C(\C=C/N(c1ccc2c(c1)C=CCC2)C1C=CC2=C(C1)C1(c3ccccc3-c3ccccc31)c1cc(NC3C=c4ccccc4=CC3)c3c(c12)CC1C=CC=CC31)C(C)(C)C. The first kappa shape index (κ1) is 39.0. The number of rotatable bonds is 7. The van der Waals surface area contributed by atoms with Gasteiger partial charge in [-0.15, -0.1) is 0 Å². The van der Waals surface area contributed by atoms with Crippen LogP contribution >= 0.6 is 0 Å². The maximum absolute atomic E-state index is 4.23. The number of aryl methyl sites for hydroxylation is 1. The molecule has 4 unspecified atom stereocenters. The lowest BCUT2D eigenvalue weighted by atomic mass is 9.67. The molecule has 0 aromatic heterocycles. The Labute approximate surface area is 379 Å². The van der Waals surface area contributed by atoms with E-state index in [1.807, 2.05) is 6.08 Å². The predicted molar refractivity (Wildman–Crippen MR) is 271 cm³/mol. The number of benzene rings is 5. The molecule has 2 nitrogen and oxygen atoms in total. The van der Waals surface area contributed by atoms with Crippen molar-refractivity contribution in [1.29, 1.82) is 0 Å². The van der Waals surface area contributed by atoms with Crippen LogP contribution in [0.15, 0.2) is 182 Å². The zero-order valence-corrected chi connectivity index (χ0v) is 37.3. The van der Waals surface area contributed by atoms with Crippen LogP contribution in [-0.4, -0.2) is 12.1 Å². The van der Waals surface area contributed by atoms with Crippen LogP contribution in [-0.2, 0) is 18.3 Å². The third-order valence-electron chi connectivity index (χ3n) is 15.3. The van der Waals surface area contributed by atoms with Gasteiger partial charge >= 0.3 is 0 Å². The first-order valence-corrected chi connectivity index (χ1v) is 23.6. The molecule has 7 aliphatic rings. The van der Waals surface area contributed by atoms with Gasteiger partial charge in [-0.25, -0.2) is 0 Å². The number of anilines is 2. The molecule has 0 amide bonds. The lowest BCUT2D eigenvalue weighted by molar-refractivity contribution is 0.516. The highest BCUT2D eigenvalue weighted by Crippen LogP contribution is 2.66. The molecule has 0 radical (unpaired) electrons. The third-order valence-corrected chi connectivity index (χ3v) is 15.3. The van der Waals surface area contributed by atoms with Gasteiger partial charge < -0.3 is 10.2 Å². The van der Waals surface area contributed by atoms with Crippen molar-refractivity contribution < 1.29 is 0 Å². The van der Waals surface area contributed by atoms with Crippen LogP contribution in [0.5, 0.6) is 0 Å². The summed E-state index contributed by atoms with van der Waals surface area (Å²) >= 11 is 0. The molecule has 64 heavy (non-hydrogen) atoms. The smallest absolute Gasteiger partial charge is 0.0690 e. The van der Waals surface area contributed by atoms with Gasteiger partial charge in [-0.3, -0.25) is 0 Å². The minimum atomic E-state index is -0.436. The second-order valence-corrected chi connectivity index (χ2v) is 19.9. The van der Waals surface area contributed by atoms with Crippen LogP contribution in [0, 0.1) is 11.3 Å². The van der Waals surface area contributed by atoms with Crippen LogP contribution in [0.25, 0.3) is 34.9 Å². The summed E-state index contributed by atoms with van der Waals surface area (Å²) in [6.07, 6.45) is 38.0. The van der Waals surface area contributed by atoms with E-state index in [1.165, 1.54) is 94.2 Å². The average Bonchev–Trinajstić information content (AvgIpc) is 3.95. The molecule has 2 heteroatoms. The fourth-order valence-corrected chi connectivity index (χ4v) is 12.4. The lowest BCUT2D eigenvalue weighted by Crippen LogP contribution is -2.36. The number of nitrogens with one attached hydrogen (secondary N) is 1. The van der Waals surface area contributed by atoms with E-state index < -0.39 is 5.41 Å². The van der Waals surface area contributed by atoms with Crippen LogP contribution < -0.4 is 20.7 Å². The molecule has 7 aliphatic carbocycles. The second kappa shape index (κ2) is 15.0. The van der Waals surface area contributed by atoms with Gasteiger partial charge in [0.25, 0.3) is 0 Å². The first-order valence-electron chi connectivity index (χ1n) is 23.6. The summed E-state index contributed by atoms with van der Waals surface area (Å²) in [6.45, 7) is 11.0. The van der Waals surface area contributed by atoms with Crippen molar-refractivity contribution in [3.63, 3.8) is 0 Å². The quantitative estimate of drug-likeness (QED) is 0.164. The van der Waals surface area contributed by atoms with Crippen molar-refractivity contribution in [2.75, 3.05) is 10.2 Å². The zero-order chi connectivity index (χ0) is 43.2. The Balaban J connectivity index is 1.07. The molecule has 0 saturated heterocycles. The Morgan fingerprint density at radius 3 is 2.38 bits per heavy atom. The topological polar surface area (TPSA) is 15.3 Å². The van der Waals surface area contributed by atoms with Crippen molar-refractivity contribution in [2.45, 2.75) is 76.3 Å². The summed E-state index contributed by atoms with van der Waals surface area (Å²) in [4.78, 5) is 2.56. The maximum atomic E-state index is 4.23. The Bertz CT molecular complexity index is 3100. The van der Waals surface area contributed by atoms with Crippen LogP contribution in [0.3, 0.4) is 0 Å². The lowest BCUT2D eigenvalue weighted by Gasteiger charge is -2.38. The molecule has 5 aromatic carbocycles. The van der Waals surface area contributed by atoms with E-state index in [9.17, 15) is 0 Å². The highest BCUT2D eigenvalue weighted by Gasteiger charge is 2.55. The Kier molecular flexibility index (Phi) is 9.13. The van der Waals surface area contributed by atoms with E-state index in [0.717, 1.165) is 32.1 Å². The molecule has 0 saturated carbocycles. The van der Waals surface area contributed by atoms with E-state index in [-0.39, 0.29) is 17.5 Å². The summed E-state index contributed by atoms with van der Waals surface area (Å²) in [6, 6.07) is 37.5. The molecule has 12 rings (SSSR count). The molecule has 1 N–H and O–H groups in total. The highest BCUT2D eigenvalue weighted by molar-refractivity contribution is 5.99. The van der Waals surface area contributed by atoms with Gasteiger partial charge in [-0.2, -0.15) is 0 Å². The summed E-state index contributed by atoms with van der Waals surface area (Å²) in [5.74, 6) is 0.786. The third kappa shape index (κ3) is 5.98. The number of hydrogen-bond donors (Lipinski definition) is 1. The van der Waals surface area contributed by atoms with Gasteiger partial charge in [0, 0.05) is 29.5 Å². The second-order valence-electron chi connectivity index (χ2n) is 19.9. The zero-order valence-electron chi connectivity index (χ0n) is 37.3. The molecule has 4 atom stereocenters. The first-order chi connectivity index (χ1) is 31.3. The molecular weight excluding hydrogens is 773 g/mol. The summed E-state index contributed by atoms with van der Waals surface area (Å²) < 4.78 is 0. The van der Waals surface area contributed by atoms with E-state index in [2.05, 4.69) is 214 Å². The van der Waals surface area contributed by atoms with Gasteiger partial charge in [0.15, 0.2) is 0 Å². The van der Waals surface area contributed by atoms with E-state index in [0.29, 0.717) is 11.8 Å². The molecule has 0 fully saturated rings. The van der Waals surface area contributed by atoms with E-state index in [1.54, 1.807) is 0 Å². The summed E-state index contributed by atoms with van der Waals surface area (Å²) in [5.41, 5.74) is 20.5. The maximum Gasteiger partial charge on any atom is 0.0690 e. The van der Waals surface area contributed by atoms with E-state index in [4.69, 9.17) is 0 Å². The highest BCUT2D eigenvalue weighted by atomic mass is 15.1. The average molecular weight is 829 g/mol. The molecule has 0 aliphatic heterocycles. The van der Waals surface area contributed by atoms with Gasteiger partial charge in [-0.05, 0) is 151 Å². The number of fused-ring (bicyclic) bond motifs is 15. The summed E-state index contributed by atoms with van der Waals surface area (Å²) in [7, 11) is 0. The molecule has 314 valence electrons. The van der Waals surface area contributed by atoms with Crippen molar-refractivity contribution in [1.82, 2.24) is 0 Å². The fourth-order valence-electron chi connectivity index (χ4n) is 12.4. The molecular formula is C62H56N2. The molecule has 0 bridgehead atoms. The van der Waals surface area contributed by atoms with Gasteiger partial charge in [0.05, 0.1) is 11.5 Å². The fraction of sp³-hybridized carbons (Fsp3) is 0.226. The summed E-state index contributed by atoms with van der Waals surface area (Å²) in [5, 5.41) is 6.87. The molecule has 0 heterocycles. The standard InChI is InChI=1S/C62H56N2/c1-5-16-45(61(2,3)4)33-34-64(47-30-28-41-18-7-9-20-43(41)36-47)48-31-32-52-56(38-48)62(54-25-14-12-23-50(54)51-24-13-15-26-55(51)62)57-39-58(63-46-29-27-40-17-6-8-19-42(40)35-46)60-49-22-11-10-21-44(49)37-53(60)59(52)57/h5-6,8-17,19-28,30-36,39,44,46,48-49,63H,1,7,18,29,37-38H2,2-4H3/b34-33-,45-16+. The van der Waals surface area contributed by atoms with E-state index >= 15 is 0 Å². The normalized spacial score (nSPS) is 22.5. The molecule has 5 aromatic rings. The minimum Gasteiger partial charge on any atom is -0.378 e. The minimum absolute atomic E-state index is 0.0358. The molecule has 1 spiro atoms. The van der Waals surface area contributed by atoms with Crippen molar-refractivity contribution in [3.8, 4) is 11.1 Å². The Morgan fingerprint density at radius 2 is 1.58 bits per heavy atom. The largest absolute Gasteiger partial charge is 0.378 e. The van der Waals surface area contributed by atoms with Crippen LogP contribution in [0.2, 0.25) is 0 Å². The van der Waals surface area contributed by atoms with Gasteiger partial charge in [0.1, 0.15) is 0 Å². The number of allylic oxidation sites excluding steroid dienone is 11. The Morgan fingerprint density at radius 1 is 0.812 bits per heavy atom. The van der Waals surface area contributed by atoms with Gasteiger partial charge in [0.2, 0.25) is 0 Å². The number of hydrogen-bond acceptors (Lipinski definition) is 2. The van der Waals surface area contributed by atoms with Gasteiger partial charge in [-0.1, -0.05) is 179 Å². The van der Waals surface area contributed by atoms with Crippen LogP contribution in [0.4, 0.5) is 11.4 Å². The monoisotopic (exact) mass is 828 g/mol. The predicted octanol–water partition coefficient (Wildman–Crippen LogP) is 13.1. The Hall–Kier alpha value is -6.64. The van der Waals surface area contributed by atoms with Crippen LogP contribution in [0.1, 0.15) is 90.5 Å². The number of nitrogens with zero attached hydrogens (tertiary/aromatic N) is 1. The van der Waals surface area contributed by atoms with Crippen molar-refractivity contribution >= 4 is 35.2 Å².